The molecule has 0 aliphatic carbocycles. The average Bonchev–Trinajstić information content (AvgIpc) is 3.02. The summed E-state index contributed by atoms with van der Waals surface area (Å²) in [5.74, 6) is 1.81. The molecule has 4 rings (SSSR count). The summed E-state index contributed by atoms with van der Waals surface area (Å²) in [7, 11) is 0. The molecule has 3 fully saturated rings. The van der Waals surface area contributed by atoms with Crippen LogP contribution in [0.15, 0.2) is 4.63 Å². The van der Waals surface area contributed by atoms with Gasteiger partial charge >= 0.3 is 0 Å². The average molecular weight is 319 g/mol. The predicted octanol–water partition coefficient (Wildman–Crippen LogP) is 1.76. The summed E-state index contributed by atoms with van der Waals surface area (Å²) < 4.78 is 4.85. The zero-order valence-electron chi connectivity index (χ0n) is 14.3. The van der Waals surface area contributed by atoms with Crippen molar-refractivity contribution in [3.05, 3.63) is 5.69 Å². The monoisotopic (exact) mass is 319 g/mol. The van der Waals surface area contributed by atoms with Gasteiger partial charge in [-0.2, -0.15) is 0 Å². The van der Waals surface area contributed by atoms with Crippen molar-refractivity contribution >= 4 is 5.82 Å². The second-order valence-corrected chi connectivity index (χ2v) is 7.46. The molecule has 3 saturated heterocycles. The first-order valence-corrected chi connectivity index (χ1v) is 9.32. The van der Waals surface area contributed by atoms with Gasteiger partial charge in [0.25, 0.3) is 0 Å². The number of piperidine rings is 2. The fourth-order valence-corrected chi connectivity index (χ4v) is 4.78. The molecule has 0 unspecified atom stereocenters. The standard InChI is InChI=1S/C17H29N5O/c1-14-17(19-23-18-14)22-11-9-20(10-12-22)13-15-5-4-8-21-7-3-2-6-16(15)21/h15-16H,2-13H2,1H3/t15-,16+/m0/s1. The number of fused-ring (bicyclic) bond motifs is 1. The van der Waals surface area contributed by atoms with Gasteiger partial charge in [0.2, 0.25) is 0 Å². The van der Waals surface area contributed by atoms with Crippen LogP contribution in [0.1, 0.15) is 37.8 Å². The Morgan fingerprint density at radius 3 is 2.57 bits per heavy atom. The third kappa shape index (κ3) is 3.24. The van der Waals surface area contributed by atoms with Gasteiger partial charge in [-0.1, -0.05) is 11.6 Å². The summed E-state index contributed by atoms with van der Waals surface area (Å²) in [5, 5.41) is 7.95. The molecular weight excluding hydrogens is 290 g/mol. The number of aromatic nitrogens is 2. The van der Waals surface area contributed by atoms with Crippen LogP contribution in [0.25, 0.3) is 0 Å². The summed E-state index contributed by atoms with van der Waals surface area (Å²) in [4.78, 5) is 7.76. The molecule has 1 aromatic heterocycles. The Balaban J connectivity index is 1.31. The smallest absolute Gasteiger partial charge is 0.196 e. The van der Waals surface area contributed by atoms with E-state index in [4.69, 9.17) is 4.63 Å². The molecule has 1 aromatic rings. The van der Waals surface area contributed by atoms with Crippen molar-refractivity contribution in [2.45, 2.75) is 45.1 Å². The molecular formula is C17H29N5O. The lowest BCUT2D eigenvalue weighted by atomic mass is 9.83. The molecule has 3 aliphatic rings. The van der Waals surface area contributed by atoms with Gasteiger partial charge in [0, 0.05) is 38.8 Å². The van der Waals surface area contributed by atoms with Crippen molar-refractivity contribution in [3.63, 3.8) is 0 Å². The second-order valence-electron chi connectivity index (χ2n) is 7.46. The van der Waals surface area contributed by atoms with Crippen LogP contribution >= 0.6 is 0 Å². The molecule has 2 atom stereocenters. The highest BCUT2D eigenvalue weighted by Gasteiger charge is 2.34. The normalized spacial score (nSPS) is 30.4. The number of aryl methyl sites for hydroxylation is 1. The molecule has 23 heavy (non-hydrogen) atoms. The lowest BCUT2D eigenvalue weighted by Crippen LogP contribution is -2.54. The Morgan fingerprint density at radius 2 is 1.78 bits per heavy atom. The fourth-order valence-electron chi connectivity index (χ4n) is 4.78. The van der Waals surface area contributed by atoms with Crippen molar-refractivity contribution in [1.82, 2.24) is 20.1 Å². The summed E-state index contributed by atoms with van der Waals surface area (Å²) in [6, 6.07) is 0.859. The van der Waals surface area contributed by atoms with Gasteiger partial charge in [0.15, 0.2) is 5.82 Å². The van der Waals surface area contributed by atoms with Crippen LogP contribution in [0.3, 0.4) is 0 Å². The zero-order chi connectivity index (χ0) is 15.6. The van der Waals surface area contributed by atoms with E-state index in [-0.39, 0.29) is 0 Å². The van der Waals surface area contributed by atoms with Crippen molar-refractivity contribution in [2.75, 3.05) is 50.7 Å². The van der Waals surface area contributed by atoms with Crippen LogP contribution in [0.2, 0.25) is 0 Å². The third-order valence-electron chi connectivity index (χ3n) is 6.02. The first-order chi connectivity index (χ1) is 11.3. The number of hydrogen-bond donors (Lipinski definition) is 0. The van der Waals surface area contributed by atoms with Crippen LogP contribution in [0, 0.1) is 12.8 Å². The molecule has 128 valence electrons. The van der Waals surface area contributed by atoms with E-state index in [1.807, 2.05) is 6.92 Å². The highest BCUT2D eigenvalue weighted by Crippen LogP contribution is 2.31. The van der Waals surface area contributed by atoms with Gasteiger partial charge in [-0.3, -0.25) is 4.90 Å². The number of anilines is 1. The van der Waals surface area contributed by atoms with E-state index >= 15 is 0 Å². The van der Waals surface area contributed by atoms with Gasteiger partial charge in [-0.15, -0.1) is 0 Å². The van der Waals surface area contributed by atoms with Crippen molar-refractivity contribution in [2.24, 2.45) is 5.92 Å². The first kappa shape index (κ1) is 15.4. The van der Waals surface area contributed by atoms with Gasteiger partial charge < -0.3 is 9.80 Å². The Kier molecular flexibility index (Phi) is 4.53. The molecule has 0 N–H and O–H groups in total. The molecule has 6 nitrogen and oxygen atoms in total. The molecule has 0 spiro atoms. The quantitative estimate of drug-likeness (QED) is 0.846. The summed E-state index contributed by atoms with van der Waals surface area (Å²) in [6.45, 7) is 10.3. The Morgan fingerprint density at radius 1 is 0.957 bits per heavy atom. The largest absolute Gasteiger partial charge is 0.350 e. The molecule has 0 saturated carbocycles. The molecule has 4 heterocycles. The van der Waals surface area contributed by atoms with Gasteiger partial charge in [0.1, 0.15) is 5.69 Å². The summed E-state index contributed by atoms with van der Waals surface area (Å²) in [6.07, 6.45) is 7.09. The number of hydrogen-bond acceptors (Lipinski definition) is 6. The van der Waals surface area contributed by atoms with Gasteiger partial charge in [-0.05, 0) is 56.8 Å². The van der Waals surface area contributed by atoms with Crippen LogP contribution in [-0.4, -0.2) is 72.0 Å². The Labute approximate surface area is 138 Å². The molecule has 0 bridgehead atoms. The molecule has 3 aliphatic heterocycles. The Hall–Kier alpha value is -1.14. The van der Waals surface area contributed by atoms with Crippen LogP contribution in [0.4, 0.5) is 5.82 Å². The SMILES string of the molecule is Cc1nonc1N1CCN(C[C@@H]2CCCN3CCCC[C@H]23)CC1. The minimum atomic E-state index is 0.859. The van der Waals surface area contributed by atoms with E-state index in [0.29, 0.717) is 0 Å². The maximum Gasteiger partial charge on any atom is 0.196 e. The highest BCUT2D eigenvalue weighted by atomic mass is 16.6. The van der Waals surface area contributed by atoms with Gasteiger partial charge in [-0.25, -0.2) is 4.63 Å². The third-order valence-corrected chi connectivity index (χ3v) is 6.02. The maximum absolute atomic E-state index is 4.85. The van der Waals surface area contributed by atoms with E-state index in [9.17, 15) is 0 Å². The number of rotatable bonds is 3. The lowest BCUT2D eigenvalue weighted by Gasteiger charge is -2.46. The van der Waals surface area contributed by atoms with Crippen LogP contribution in [0.5, 0.6) is 0 Å². The molecule has 0 radical (unpaired) electrons. The van der Waals surface area contributed by atoms with E-state index in [1.54, 1.807) is 0 Å². The molecule has 6 heteroatoms. The first-order valence-electron chi connectivity index (χ1n) is 9.32. The Bertz CT molecular complexity index is 509. The van der Waals surface area contributed by atoms with E-state index in [1.165, 1.54) is 51.7 Å². The minimum absolute atomic E-state index is 0.859. The predicted molar refractivity (Wildman–Crippen MR) is 89.6 cm³/mol. The molecule has 0 aromatic carbocycles. The lowest BCUT2D eigenvalue weighted by molar-refractivity contribution is 0.0394. The van der Waals surface area contributed by atoms with E-state index in [0.717, 1.165) is 49.7 Å². The summed E-state index contributed by atoms with van der Waals surface area (Å²) >= 11 is 0. The van der Waals surface area contributed by atoms with Crippen molar-refractivity contribution < 1.29 is 4.63 Å². The minimum Gasteiger partial charge on any atom is -0.350 e. The summed E-state index contributed by atoms with van der Waals surface area (Å²) in [5.41, 5.74) is 0.906. The zero-order valence-corrected chi connectivity index (χ0v) is 14.3. The van der Waals surface area contributed by atoms with Crippen molar-refractivity contribution in [1.29, 1.82) is 0 Å². The maximum atomic E-state index is 4.85. The van der Waals surface area contributed by atoms with Gasteiger partial charge in [0.05, 0.1) is 0 Å². The van der Waals surface area contributed by atoms with E-state index < -0.39 is 0 Å². The topological polar surface area (TPSA) is 48.6 Å². The van der Waals surface area contributed by atoms with E-state index in [2.05, 4.69) is 25.0 Å². The number of piperazine rings is 1. The number of nitrogens with zero attached hydrogens (tertiary/aromatic N) is 5. The van der Waals surface area contributed by atoms with Crippen molar-refractivity contribution in [3.8, 4) is 0 Å². The molecule has 0 amide bonds. The second kappa shape index (κ2) is 6.77. The van der Waals surface area contributed by atoms with Crippen LogP contribution in [-0.2, 0) is 0 Å². The fraction of sp³-hybridized carbons (Fsp3) is 0.882. The highest BCUT2D eigenvalue weighted by molar-refractivity contribution is 5.41. The van der Waals surface area contributed by atoms with Crippen LogP contribution < -0.4 is 4.90 Å².